The van der Waals surface area contributed by atoms with Gasteiger partial charge in [-0.05, 0) is 29.6 Å². The molecule has 2 N–H and O–H groups in total. The zero-order valence-electron chi connectivity index (χ0n) is 17.6. The van der Waals surface area contributed by atoms with E-state index in [1.54, 1.807) is 11.4 Å². The van der Waals surface area contributed by atoms with Crippen molar-refractivity contribution < 1.29 is 23.5 Å². The summed E-state index contributed by atoms with van der Waals surface area (Å²) in [4.78, 5) is 58.8. The molecule has 3 aromatic rings. The summed E-state index contributed by atoms with van der Waals surface area (Å²) in [6.45, 7) is 1.42. The van der Waals surface area contributed by atoms with Gasteiger partial charge >= 0.3 is 11.8 Å². The minimum absolute atomic E-state index is 0.0315. The Bertz CT molecular complexity index is 1280. The average Bonchev–Trinajstić information content (AvgIpc) is 3.28. The summed E-state index contributed by atoms with van der Waals surface area (Å²) < 4.78 is 20.2. The minimum atomic E-state index is -0.997. The number of aromatic amines is 1. The predicted octanol–water partition coefficient (Wildman–Crippen LogP) is 1.19. The number of anilines is 1. The third kappa shape index (κ3) is 4.91. The Morgan fingerprint density at radius 3 is 2.76 bits per heavy atom. The SMILES string of the molecule is CN(Cc1nc2ccsc2c(=O)[nH]1)C(=O)C(=O)Nc1ccc(C(=O)N2CCOCC2)c(F)c1. The Morgan fingerprint density at radius 2 is 2.03 bits per heavy atom. The highest BCUT2D eigenvalue weighted by molar-refractivity contribution is 7.17. The third-order valence-corrected chi connectivity index (χ3v) is 5.95. The number of ether oxygens (including phenoxy) is 1. The normalized spacial score (nSPS) is 13.7. The van der Waals surface area contributed by atoms with Gasteiger partial charge in [0.05, 0.1) is 30.8 Å². The van der Waals surface area contributed by atoms with Crippen molar-refractivity contribution in [2.24, 2.45) is 0 Å². The molecule has 1 aliphatic heterocycles. The van der Waals surface area contributed by atoms with Gasteiger partial charge in [0.1, 0.15) is 16.3 Å². The number of halogens is 1. The lowest BCUT2D eigenvalue weighted by Gasteiger charge is -2.27. The molecule has 1 saturated heterocycles. The summed E-state index contributed by atoms with van der Waals surface area (Å²) >= 11 is 1.25. The molecule has 0 bridgehead atoms. The summed E-state index contributed by atoms with van der Waals surface area (Å²) in [6.07, 6.45) is 0. The molecule has 0 unspecified atom stereocenters. The number of hydrogen-bond acceptors (Lipinski definition) is 7. The van der Waals surface area contributed by atoms with E-state index in [-0.39, 0.29) is 29.2 Å². The van der Waals surface area contributed by atoms with Crippen LogP contribution in [-0.4, -0.2) is 70.8 Å². The van der Waals surface area contributed by atoms with E-state index in [9.17, 15) is 23.6 Å². The third-order valence-electron chi connectivity index (χ3n) is 5.05. The quantitative estimate of drug-likeness (QED) is 0.549. The van der Waals surface area contributed by atoms with Gasteiger partial charge in [0, 0.05) is 25.8 Å². The Balaban J connectivity index is 1.40. The number of fused-ring (bicyclic) bond motifs is 1. The van der Waals surface area contributed by atoms with E-state index in [0.717, 1.165) is 11.0 Å². The lowest BCUT2D eigenvalue weighted by atomic mass is 10.1. The van der Waals surface area contributed by atoms with Crippen LogP contribution in [0.5, 0.6) is 0 Å². The molecule has 0 aliphatic carbocycles. The molecule has 4 rings (SSSR count). The molecule has 1 aromatic carbocycles. The second-order valence-corrected chi connectivity index (χ2v) is 8.28. The van der Waals surface area contributed by atoms with Gasteiger partial charge in [-0.2, -0.15) is 0 Å². The maximum absolute atomic E-state index is 14.5. The van der Waals surface area contributed by atoms with Crippen molar-refractivity contribution in [1.29, 1.82) is 0 Å². The Labute approximate surface area is 191 Å². The number of morpholine rings is 1. The van der Waals surface area contributed by atoms with Crippen molar-refractivity contribution in [2.45, 2.75) is 6.54 Å². The molecule has 10 nitrogen and oxygen atoms in total. The van der Waals surface area contributed by atoms with Crippen LogP contribution in [-0.2, 0) is 20.9 Å². The van der Waals surface area contributed by atoms with Crippen molar-refractivity contribution >= 4 is 45.0 Å². The molecule has 0 radical (unpaired) electrons. The van der Waals surface area contributed by atoms with E-state index in [4.69, 9.17) is 4.74 Å². The van der Waals surface area contributed by atoms with E-state index in [2.05, 4.69) is 15.3 Å². The Morgan fingerprint density at radius 1 is 1.27 bits per heavy atom. The number of thiophene rings is 1. The number of carbonyl (C=O) groups is 3. The van der Waals surface area contributed by atoms with Crippen LogP contribution in [0.4, 0.5) is 10.1 Å². The van der Waals surface area contributed by atoms with Gasteiger partial charge in [-0.1, -0.05) is 0 Å². The maximum atomic E-state index is 14.5. The molecular formula is C21H20FN5O5S. The zero-order chi connectivity index (χ0) is 23.5. The highest BCUT2D eigenvalue weighted by Crippen LogP contribution is 2.18. The fourth-order valence-corrected chi connectivity index (χ4v) is 4.08. The van der Waals surface area contributed by atoms with Gasteiger partial charge in [0.2, 0.25) is 0 Å². The van der Waals surface area contributed by atoms with Gasteiger partial charge in [0.25, 0.3) is 11.5 Å². The topological polar surface area (TPSA) is 125 Å². The van der Waals surface area contributed by atoms with Crippen molar-refractivity contribution in [2.75, 3.05) is 38.7 Å². The smallest absolute Gasteiger partial charge is 0.313 e. The molecule has 3 amide bonds. The van der Waals surface area contributed by atoms with E-state index in [1.165, 1.54) is 35.4 Å². The van der Waals surface area contributed by atoms with E-state index >= 15 is 0 Å². The van der Waals surface area contributed by atoms with Crippen LogP contribution < -0.4 is 10.9 Å². The second kappa shape index (κ2) is 9.46. The number of benzene rings is 1. The maximum Gasteiger partial charge on any atom is 0.313 e. The first-order chi connectivity index (χ1) is 15.8. The highest BCUT2D eigenvalue weighted by Gasteiger charge is 2.23. The summed E-state index contributed by atoms with van der Waals surface area (Å²) in [5.41, 5.74) is 0.0879. The molecule has 0 spiro atoms. The van der Waals surface area contributed by atoms with Crippen LogP contribution in [0.3, 0.4) is 0 Å². The molecule has 2 aromatic heterocycles. The van der Waals surface area contributed by atoms with Crippen LogP contribution in [0.25, 0.3) is 10.2 Å². The van der Waals surface area contributed by atoms with Gasteiger partial charge < -0.3 is 24.8 Å². The number of nitrogens with zero attached hydrogens (tertiary/aromatic N) is 3. The van der Waals surface area contributed by atoms with Gasteiger partial charge in [-0.3, -0.25) is 19.2 Å². The van der Waals surface area contributed by atoms with Crippen LogP contribution in [0, 0.1) is 5.82 Å². The molecule has 12 heteroatoms. The highest BCUT2D eigenvalue weighted by atomic mass is 32.1. The number of amides is 3. The fourth-order valence-electron chi connectivity index (χ4n) is 3.35. The van der Waals surface area contributed by atoms with Crippen molar-refractivity contribution in [3.63, 3.8) is 0 Å². The Hall–Kier alpha value is -3.64. The molecule has 3 heterocycles. The number of nitrogens with one attached hydrogen (secondary N) is 2. The predicted molar refractivity (Wildman–Crippen MR) is 118 cm³/mol. The molecule has 1 fully saturated rings. The first-order valence-electron chi connectivity index (χ1n) is 10.0. The van der Waals surface area contributed by atoms with Gasteiger partial charge in [-0.15, -0.1) is 11.3 Å². The lowest BCUT2D eigenvalue weighted by Crippen LogP contribution is -2.41. The summed E-state index contributed by atoms with van der Waals surface area (Å²) in [7, 11) is 1.38. The monoisotopic (exact) mass is 473 g/mol. The minimum Gasteiger partial charge on any atom is -0.378 e. The standard InChI is InChI=1S/C21H20FN5O5S/c1-26(11-16-24-15-4-9-33-17(15)18(28)25-16)21(31)19(29)23-12-2-3-13(14(22)10-12)20(30)27-5-7-32-8-6-27/h2-4,9-10H,5-8,11H2,1H3,(H,23,29)(H,24,25,28). The molecule has 172 valence electrons. The molecule has 33 heavy (non-hydrogen) atoms. The summed E-state index contributed by atoms with van der Waals surface area (Å²) in [6, 6.07) is 5.30. The number of hydrogen-bond donors (Lipinski definition) is 2. The molecular weight excluding hydrogens is 453 g/mol. The second-order valence-electron chi connectivity index (χ2n) is 7.36. The lowest BCUT2D eigenvalue weighted by molar-refractivity contribution is -0.142. The van der Waals surface area contributed by atoms with Crippen LogP contribution in [0.15, 0.2) is 34.4 Å². The van der Waals surface area contributed by atoms with E-state index in [1.807, 2.05) is 0 Å². The van der Waals surface area contributed by atoms with Crippen molar-refractivity contribution in [1.82, 2.24) is 19.8 Å². The summed E-state index contributed by atoms with van der Waals surface area (Å²) in [5, 5.41) is 4.06. The zero-order valence-corrected chi connectivity index (χ0v) is 18.4. The number of H-pyrrole nitrogens is 1. The number of aromatic nitrogens is 2. The Kier molecular flexibility index (Phi) is 6.47. The summed E-state index contributed by atoms with van der Waals surface area (Å²) in [5.74, 6) is -2.95. The number of carbonyl (C=O) groups excluding carboxylic acids is 3. The number of likely N-dealkylation sites (N-methyl/N-ethyl adjacent to an activating group) is 1. The molecule has 1 aliphatic rings. The van der Waals surface area contributed by atoms with Gasteiger partial charge in [0.15, 0.2) is 0 Å². The largest absolute Gasteiger partial charge is 0.378 e. The van der Waals surface area contributed by atoms with Crippen molar-refractivity contribution in [3.05, 3.63) is 57.2 Å². The molecule has 0 atom stereocenters. The first-order valence-corrected chi connectivity index (χ1v) is 10.9. The van der Waals surface area contributed by atoms with Crippen LogP contribution >= 0.6 is 11.3 Å². The number of rotatable bonds is 4. The van der Waals surface area contributed by atoms with Crippen LogP contribution in [0.2, 0.25) is 0 Å². The fraction of sp³-hybridized carbons (Fsp3) is 0.286. The molecule has 0 saturated carbocycles. The average molecular weight is 473 g/mol. The first kappa shape index (κ1) is 22.6. The van der Waals surface area contributed by atoms with Crippen molar-refractivity contribution in [3.8, 4) is 0 Å². The van der Waals surface area contributed by atoms with Gasteiger partial charge in [-0.25, -0.2) is 9.37 Å². The van der Waals surface area contributed by atoms with Crippen LogP contribution in [0.1, 0.15) is 16.2 Å². The van der Waals surface area contributed by atoms with E-state index in [0.29, 0.717) is 36.5 Å². The van der Waals surface area contributed by atoms with E-state index < -0.39 is 23.5 Å².